The molecule has 8 amide bonds. The summed E-state index contributed by atoms with van der Waals surface area (Å²) in [7, 11) is 5.12. The van der Waals surface area contributed by atoms with Gasteiger partial charge in [-0.3, -0.25) is 48.1 Å². The summed E-state index contributed by atoms with van der Waals surface area (Å²) >= 11 is 2.47. The van der Waals surface area contributed by atoms with Crippen molar-refractivity contribution in [2.45, 2.75) is 155 Å². The summed E-state index contributed by atoms with van der Waals surface area (Å²) in [6, 6.07) is 3.23. The summed E-state index contributed by atoms with van der Waals surface area (Å²) in [5, 5.41) is 31.4. The third-order valence-corrected chi connectivity index (χ3v) is 16.2. The lowest BCUT2D eigenvalue weighted by atomic mass is 9.92. The zero-order chi connectivity index (χ0) is 61.6. The fourth-order valence-electron chi connectivity index (χ4n) is 9.43. The SMILES string of the molecule is CCC(C)[C@H](NC(=O)C1CCCCN1C)C(=O)N(C)[C@H](C[C@@H](OCC(=O)NC(C)C(=O)NC(CCCCNC(=O)COCCOC)C(=O)NCCNC(=O)CSC)c1nc(C(=O)N[C@@H](Cc2ccc(C)cc2)CC(C)C(=O)O)cs1)C(C)C. The number of aliphatic carboxylic acids is 1. The molecule has 25 heteroatoms. The number of rotatable bonds is 39. The number of unbranched alkanes of at least 4 members (excludes halogenated alkanes) is 1. The van der Waals surface area contributed by atoms with E-state index in [1.165, 1.54) is 25.8 Å². The van der Waals surface area contributed by atoms with Gasteiger partial charge in [-0.2, -0.15) is 11.8 Å². The van der Waals surface area contributed by atoms with Crippen LogP contribution in [0.1, 0.15) is 132 Å². The zero-order valence-corrected chi connectivity index (χ0v) is 52.2. The average molecular weight is 1200 g/mol. The van der Waals surface area contributed by atoms with E-state index < -0.39 is 78.4 Å². The first-order valence-electron chi connectivity index (χ1n) is 28.9. The molecule has 0 aliphatic carbocycles. The summed E-state index contributed by atoms with van der Waals surface area (Å²) in [5.41, 5.74) is 2.00. The summed E-state index contributed by atoms with van der Waals surface area (Å²) in [4.78, 5) is 128. The van der Waals surface area contributed by atoms with Gasteiger partial charge in [-0.1, -0.05) is 77.3 Å². The van der Waals surface area contributed by atoms with Crippen LogP contribution < -0.4 is 37.2 Å². The maximum Gasteiger partial charge on any atom is 0.306 e. The Kier molecular flexibility index (Phi) is 33.0. The number of benzene rings is 1. The molecule has 1 aliphatic rings. The topological polar surface area (TPSA) is 305 Å². The first-order valence-corrected chi connectivity index (χ1v) is 31.2. The van der Waals surface area contributed by atoms with Crippen molar-refractivity contribution in [3.05, 3.63) is 51.5 Å². The molecule has 1 fully saturated rings. The van der Waals surface area contributed by atoms with E-state index in [1.54, 1.807) is 30.5 Å². The van der Waals surface area contributed by atoms with Crippen LogP contribution in [0.25, 0.3) is 0 Å². The molecule has 9 atom stereocenters. The second-order valence-corrected chi connectivity index (χ2v) is 23.6. The average Bonchev–Trinajstić information content (AvgIpc) is 4.24. The molecule has 3 rings (SSSR count). The molecule has 8 N–H and O–H groups in total. The highest BCUT2D eigenvalue weighted by molar-refractivity contribution is 7.99. The molecule has 23 nitrogen and oxygen atoms in total. The van der Waals surface area contributed by atoms with Crippen LogP contribution in [0, 0.1) is 24.7 Å². The van der Waals surface area contributed by atoms with Crippen LogP contribution in [0.4, 0.5) is 0 Å². The van der Waals surface area contributed by atoms with Gasteiger partial charge in [0.05, 0.1) is 30.9 Å². The van der Waals surface area contributed by atoms with Crippen LogP contribution in [0.3, 0.4) is 0 Å². The number of carbonyl (C=O) groups is 9. The Balaban J connectivity index is 1.88. The van der Waals surface area contributed by atoms with Gasteiger partial charge in [-0.05, 0) is 96.0 Å². The molecular formula is C58H94N10O13S2. The van der Waals surface area contributed by atoms with Gasteiger partial charge in [0.1, 0.15) is 48.1 Å². The lowest BCUT2D eigenvalue weighted by Gasteiger charge is -2.38. The number of likely N-dealkylation sites (N-methyl/N-ethyl adjacent to an activating group) is 2. The number of carboxylic acids is 1. The van der Waals surface area contributed by atoms with Crippen molar-refractivity contribution >= 4 is 76.3 Å². The third-order valence-electron chi connectivity index (χ3n) is 14.7. The minimum absolute atomic E-state index is 0.0370. The van der Waals surface area contributed by atoms with Crippen molar-refractivity contribution < 1.29 is 62.5 Å². The van der Waals surface area contributed by atoms with Crippen LogP contribution >= 0.6 is 23.1 Å². The first kappa shape index (κ1) is 71.5. The minimum atomic E-state index is -1.16. The molecule has 1 aromatic heterocycles. The predicted octanol–water partition coefficient (Wildman–Crippen LogP) is 3.38. The molecule has 2 heterocycles. The quantitative estimate of drug-likeness (QED) is 0.0445. The van der Waals surface area contributed by atoms with Crippen molar-refractivity contribution in [2.24, 2.45) is 17.8 Å². The van der Waals surface area contributed by atoms with Crippen molar-refractivity contribution in [1.82, 2.24) is 52.0 Å². The molecule has 0 radical (unpaired) electrons. The van der Waals surface area contributed by atoms with Crippen LogP contribution in [0.2, 0.25) is 0 Å². The summed E-state index contributed by atoms with van der Waals surface area (Å²) in [6.07, 6.45) is 5.68. The number of likely N-dealkylation sites (tertiary alicyclic amines) is 1. The van der Waals surface area contributed by atoms with E-state index in [0.29, 0.717) is 50.3 Å². The molecule has 0 saturated carbocycles. The van der Waals surface area contributed by atoms with E-state index in [9.17, 15) is 48.3 Å². The number of carboxylic acid groups (broad SMARTS) is 1. The molecule has 0 bridgehead atoms. The van der Waals surface area contributed by atoms with E-state index in [-0.39, 0.29) is 98.5 Å². The van der Waals surface area contributed by atoms with Gasteiger partial charge in [0.2, 0.25) is 41.4 Å². The van der Waals surface area contributed by atoms with Crippen LogP contribution in [0.5, 0.6) is 0 Å². The fraction of sp³-hybridized carbons (Fsp3) is 0.690. The molecule has 1 aliphatic heterocycles. The van der Waals surface area contributed by atoms with Crippen LogP contribution in [-0.2, 0) is 59.0 Å². The fourth-order valence-corrected chi connectivity index (χ4v) is 10.7. The van der Waals surface area contributed by atoms with Crippen LogP contribution in [0.15, 0.2) is 29.6 Å². The van der Waals surface area contributed by atoms with E-state index in [2.05, 4.69) is 37.2 Å². The normalized spacial score (nSPS) is 16.4. The van der Waals surface area contributed by atoms with E-state index in [4.69, 9.17) is 19.2 Å². The van der Waals surface area contributed by atoms with Crippen molar-refractivity contribution in [2.75, 3.05) is 85.8 Å². The van der Waals surface area contributed by atoms with Gasteiger partial charge >= 0.3 is 5.97 Å². The highest BCUT2D eigenvalue weighted by atomic mass is 32.2. The number of piperidine rings is 1. The number of aryl methyl sites for hydroxylation is 1. The Bertz CT molecular complexity index is 2380. The molecule has 83 heavy (non-hydrogen) atoms. The highest BCUT2D eigenvalue weighted by Crippen LogP contribution is 2.31. The van der Waals surface area contributed by atoms with Gasteiger partial charge in [0.15, 0.2) is 0 Å². The molecule has 5 unspecified atom stereocenters. The van der Waals surface area contributed by atoms with Gasteiger partial charge in [-0.15, -0.1) is 11.3 Å². The number of nitrogens with one attached hydrogen (secondary N) is 7. The zero-order valence-electron chi connectivity index (χ0n) is 50.6. The Labute approximate surface area is 498 Å². The van der Waals surface area contributed by atoms with Gasteiger partial charge in [0.25, 0.3) is 5.91 Å². The number of methoxy groups -OCH3 is 1. The first-order chi connectivity index (χ1) is 39.5. The lowest BCUT2D eigenvalue weighted by molar-refractivity contribution is -0.142. The number of thioether (sulfide) groups is 1. The number of hydrogen-bond acceptors (Lipinski definition) is 16. The second kappa shape index (κ2) is 38.3. The molecular weight excluding hydrogens is 1110 g/mol. The Morgan fingerprint density at radius 1 is 0.843 bits per heavy atom. The van der Waals surface area contributed by atoms with E-state index >= 15 is 0 Å². The summed E-state index contributed by atoms with van der Waals surface area (Å²) in [6.45, 7) is 14.0. The van der Waals surface area contributed by atoms with E-state index in [1.807, 2.05) is 70.8 Å². The summed E-state index contributed by atoms with van der Waals surface area (Å²) in [5.74, 6) is -5.34. The number of nitrogens with zero attached hydrogens (tertiary/aromatic N) is 3. The minimum Gasteiger partial charge on any atom is -0.481 e. The van der Waals surface area contributed by atoms with Gasteiger partial charge in [-0.25, -0.2) is 4.98 Å². The van der Waals surface area contributed by atoms with Crippen LogP contribution in [-0.4, -0.2) is 195 Å². The Morgan fingerprint density at radius 3 is 2.19 bits per heavy atom. The monoisotopic (exact) mass is 1200 g/mol. The number of hydrogen-bond donors (Lipinski definition) is 8. The summed E-state index contributed by atoms with van der Waals surface area (Å²) < 4.78 is 16.6. The van der Waals surface area contributed by atoms with Gasteiger partial charge < -0.3 is 61.4 Å². The van der Waals surface area contributed by atoms with E-state index in [0.717, 1.165) is 41.9 Å². The maximum absolute atomic E-state index is 14.7. The predicted molar refractivity (Wildman–Crippen MR) is 320 cm³/mol. The number of carbonyl (C=O) groups excluding carboxylic acids is 8. The molecule has 466 valence electrons. The van der Waals surface area contributed by atoms with Gasteiger partial charge in [0, 0.05) is 57.7 Å². The number of thiazole rings is 1. The molecule has 2 aromatic rings. The lowest BCUT2D eigenvalue weighted by Crippen LogP contribution is -2.58. The molecule has 0 spiro atoms. The number of aromatic nitrogens is 1. The van der Waals surface area contributed by atoms with Crippen molar-refractivity contribution in [3.63, 3.8) is 0 Å². The standard InChI is InChI=1S/C58H94N10O13S2/c1-12-38(5)51(66-55(75)45-18-14-16-26-67(45)8)57(76)68(9)46(36(2)3)31-47(56-65-44(34-83-56)54(74)63-42(29-39(6)58(77)78)30-41-21-19-37(4)20-22-41)81-33-49(70)62-40(7)52(72)64-43(53(73)61-25-24-60-50(71)35-82-11)17-13-15-23-59-48(69)32-80-28-27-79-10/h19-22,34,36,38-40,42-43,45-47,51H,12-18,23-33,35H2,1-11H3,(H,59,69)(H,60,71)(H,61,73)(H,62,70)(H,63,74)(H,64,72)(H,66,75)(H,77,78)/t38?,39?,40?,42-,43?,45?,46-,47-,51+/m1/s1. The number of ether oxygens (including phenoxy) is 3. The van der Waals surface area contributed by atoms with Crippen molar-refractivity contribution in [1.29, 1.82) is 0 Å². The Morgan fingerprint density at radius 2 is 1.54 bits per heavy atom. The maximum atomic E-state index is 14.7. The smallest absolute Gasteiger partial charge is 0.306 e. The second-order valence-electron chi connectivity index (χ2n) is 21.9. The highest BCUT2D eigenvalue weighted by Gasteiger charge is 2.38. The largest absolute Gasteiger partial charge is 0.481 e. The molecule has 1 aromatic carbocycles. The third kappa shape index (κ3) is 26.0. The number of amides is 8. The Hall–Kier alpha value is -5.73. The molecule has 1 saturated heterocycles. The van der Waals surface area contributed by atoms with Crippen molar-refractivity contribution in [3.8, 4) is 0 Å².